The van der Waals surface area contributed by atoms with E-state index in [9.17, 15) is 4.79 Å². The first-order valence-electron chi connectivity index (χ1n) is 11.9. The van der Waals surface area contributed by atoms with Crippen LogP contribution in [0.4, 0.5) is 10.5 Å². The van der Waals surface area contributed by atoms with Crippen LogP contribution < -0.4 is 19.5 Å². The quantitative estimate of drug-likeness (QED) is 0.235. The van der Waals surface area contributed by atoms with Crippen LogP contribution >= 0.6 is 0 Å². The van der Waals surface area contributed by atoms with Gasteiger partial charge < -0.3 is 28.9 Å². The van der Waals surface area contributed by atoms with Crippen LogP contribution in [0.2, 0.25) is 0 Å². The van der Waals surface area contributed by atoms with E-state index in [1.54, 1.807) is 21.3 Å². The fraction of sp³-hybridized carbons (Fsp3) is 0.207. The van der Waals surface area contributed by atoms with Crippen LogP contribution in [-0.2, 0) is 11.2 Å². The molecule has 0 saturated carbocycles. The Labute approximate surface area is 214 Å². The van der Waals surface area contributed by atoms with E-state index in [-0.39, 0.29) is 5.92 Å². The van der Waals surface area contributed by atoms with Crippen LogP contribution in [0.15, 0.2) is 67.0 Å². The van der Waals surface area contributed by atoms with Gasteiger partial charge in [0.15, 0.2) is 0 Å². The van der Waals surface area contributed by atoms with Gasteiger partial charge >= 0.3 is 6.09 Å². The smallest absolute Gasteiger partial charge is 0.411 e. The summed E-state index contributed by atoms with van der Waals surface area (Å²) in [6, 6.07) is 17.6. The summed E-state index contributed by atoms with van der Waals surface area (Å²) in [4.78, 5) is 18.9. The molecule has 3 aromatic carbocycles. The van der Waals surface area contributed by atoms with E-state index in [4.69, 9.17) is 18.9 Å². The average Bonchev–Trinajstić information content (AvgIpc) is 3.55. The number of aromatic nitrogens is 2. The Morgan fingerprint density at radius 2 is 1.27 bits per heavy atom. The minimum atomic E-state index is -0.531. The third-order valence-corrected chi connectivity index (χ3v) is 6.75. The molecule has 5 aromatic rings. The zero-order valence-electron chi connectivity index (χ0n) is 21.2. The van der Waals surface area contributed by atoms with Gasteiger partial charge in [0.05, 0.1) is 28.4 Å². The topological polar surface area (TPSA) is 97.6 Å². The highest BCUT2D eigenvalue weighted by Gasteiger charge is 2.24. The largest absolute Gasteiger partial charge is 0.497 e. The number of carbonyl (C=O) groups is 1. The van der Waals surface area contributed by atoms with E-state index < -0.39 is 6.09 Å². The first-order chi connectivity index (χ1) is 18.0. The molecular weight excluding hydrogens is 470 g/mol. The van der Waals surface area contributed by atoms with Crippen LogP contribution in [0, 0.1) is 0 Å². The third kappa shape index (κ3) is 4.65. The van der Waals surface area contributed by atoms with Crippen molar-refractivity contribution >= 4 is 33.6 Å². The average molecular weight is 500 g/mol. The molecule has 0 unspecified atom stereocenters. The molecule has 5 rings (SSSR count). The molecule has 0 atom stereocenters. The van der Waals surface area contributed by atoms with Crippen molar-refractivity contribution < 1.29 is 23.7 Å². The summed E-state index contributed by atoms with van der Waals surface area (Å²) in [7, 11) is 6.30. The molecule has 0 aliphatic heterocycles. The fourth-order valence-corrected chi connectivity index (χ4v) is 4.83. The number of hydrogen-bond donors (Lipinski definition) is 3. The third-order valence-electron chi connectivity index (χ3n) is 6.75. The van der Waals surface area contributed by atoms with E-state index in [2.05, 4.69) is 15.3 Å². The molecule has 1 amide bonds. The van der Waals surface area contributed by atoms with E-state index in [0.717, 1.165) is 50.0 Å². The molecule has 2 heterocycles. The fourth-order valence-electron chi connectivity index (χ4n) is 4.83. The second kappa shape index (κ2) is 10.2. The van der Waals surface area contributed by atoms with Crippen molar-refractivity contribution in [2.45, 2.75) is 12.3 Å². The predicted molar refractivity (Wildman–Crippen MR) is 144 cm³/mol. The molecule has 0 bridgehead atoms. The van der Waals surface area contributed by atoms with Crippen molar-refractivity contribution in [1.82, 2.24) is 9.97 Å². The van der Waals surface area contributed by atoms with E-state index in [0.29, 0.717) is 17.9 Å². The number of aromatic amines is 2. The number of ether oxygens (including phenoxy) is 4. The summed E-state index contributed by atoms with van der Waals surface area (Å²) in [6.07, 6.45) is 4.13. The molecule has 0 radical (unpaired) electrons. The Hall–Kier alpha value is -4.59. The molecule has 8 nitrogen and oxygen atoms in total. The Balaban J connectivity index is 1.70. The molecular formula is C29H29N3O5. The Bertz CT molecular complexity index is 1490. The van der Waals surface area contributed by atoms with Gasteiger partial charge in [-0.25, -0.2) is 4.79 Å². The first-order valence-corrected chi connectivity index (χ1v) is 11.9. The van der Waals surface area contributed by atoms with Gasteiger partial charge in [0.2, 0.25) is 0 Å². The molecule has 0 aliphatic rings. The Morgan fingerprint density at radius 1 is 0.757 bits per heavy atom. The Kier molecular flexibility index (Phi) is 6.64. The Morgan fingerprint density at radius 3 is 1.78 bits per heavy atom. The number of H-pyrrole nitrogens is 2. The van der Waals surface area contributed by atoms with E-state index >= 15 is 0 Å². The van der Waals surface area contributed by atoms with Crippen LogP contribution in [-0.4, -0.2) is 44.5 Å². The highest BCUT2D eigenvalue weighted by atomic mass is 16.5. The number of benzene rings is 3. The SMILES string of the molecule is COC(=O)Nc1ccc(OC)cc1CC(c1c[nH]c2ccc(OC)cc12)c1c[nH]c2ccc(OC)cc12. The van der Waals surface area contributed by atoms with Crippen LogP contribution in [0.25, 0.3) is 21.8 Å². The summed E-state index contributed by atoms with van der Waals surface area (Å²) in [6.45, 7) is 0. The van der Waals surface area contributed by atoms with Gasteiger partial charge in [-0.2, -0.15) is 0 Å². The molecule has 2 aromatic heterocycles. The number of anilines is 1. The lowest BCUT2D eigenvalue weighted by Gasteiger charge is -2.20. The first kappa shape index (κ1) is 24.1. The van der Waals surface area contributed by atoms with Gasteiger partial charge in [-0.3, -0.25) is 5.32 Å². The second-order valence-corrected chi connectivity index (χ2v) is 8.71. The zero-order valence-corrected chi connectivity index (χ0v) is 21.2. The minimum Gasteiger partial charge on any atom is -0.497 e. The van der Waals surface area contributed by atoms with Gasteiger partial charge in [0.25, 0.3) is 0 Å². The minimum absolute atomic E-state index is 0.0907. The normalized spacial score (nSPS) is 11.2. The van der Waals surface area contributed by atoms with Gasteiger partial charge in [0, 0.05) is 45.8 Å². The number of rotatable bonds is 8. The summed E-state index contributed by atoms with van der Waals surface area (Å²) >= 11 is 0. The van der Waals surface area contributed by atoms with Gasteiger partial charge in [0.1, 0.15) is 17.2 Å². The monoisotopic (exact) mass is 499 g/mol. The van der Waals surface area contributed by atoms with Crippen molar-refractivity contribution in [3.8, 4) is 17.2 Å². The maximum atomic E-state index is 12.1. The van der Waals surface area contributed by atoms with Crippen LogP contribution in [0.1, 0.15) is 22.6 Å². The predicted octanol–water partition coefficient (Wildman–Crippen LogP) is 6.23. The molecule has 0 spiro atoms. The molecule has 0 saturated heterocycles. The molecule has 190 valence electrons. The number of fused-ring (bicyclic) bond motifs is 2. The van der Waals surface area contributed by atoms with Crippen molar-refractivity contribution in [1.29, 1.82) is 0 Å². The maximum absolute atomic E-state index is 12.1. The van der Waals surface area contributed by atoms with E-state index in [1.165, 1.54) is 7.11 Å². The van der Waals surface area contributed by atoms with Gasteiger partial charge in [-0.15, -0.1) is 0 Å². The van der Waals surface area contributed by atoms with Crippen LogP contribution in [0.5, 0.6) is 17.2 Å². The highest BCUT2D eigenvalue weighted by Crippen LogP contribution is 2.40. The van der Waals surface area contributed by atoms with Gasteiger partial charge in [-0.05, 0) is 77.7 Å². The number of amides is 1. The van der Waals surface area contributed by atoms with Crippen molar-refractivity contribution in [3.05, 3.63) is 83.7 Å². The summed E-state index contributed by atoms with van der Waals surface area (Å²) in [5.41, 5.74) is 5.79. The molecule has 3 N–H and O–H groups in total. The standard InChI is InChI=1S/C29H29N3O5/c1-34-18-5-8-26(32-29(33)37-4)17(11-18)12-21(24-15-30-27-9-6-19(35-2)13-22(24)27)25-16-31-28-10-7-20(36-3)14-23(25)28/h5-11,13-16,21,30-31H,12H2,1-4H3,(H,32,33). The van der Waals surface area contributed by atoms with E-state index in [1.807, 2.05) is 67.0 Å². The number of methoxy groups -OCH3 is 4. The number of nitrogens with one attached hydrogen (secondary N) is 3. The summed E-state index contributed by atoms with van der Waals surface area (Å²) in [5, 5.41) is 4.97. The molecule has 0 aliphatic carbocycles. The second-order valence-electron chi connectivity index (χ2n) is 8.71. The maximum Gasteiger partial charge on any atom is 0.411 e. The zero-order chi connectivity index (χ0) is 25.9. The highest BCUT2D eigenvalue weighted by molar-refractivity contribution is 5.90. The van der Waals surface area contributed by atoms with Gasteiger partial charge in [-0.1, -0.05) is 0 Å². The molecule has 8 heteroatoms. The lowest BCUT2D eigenvalue weighted by atomic mass is 9.85. The van der Waals surface area contributed by atoms with Crippen LogP contribution in [0.3, 0.4) is 0 Å². The van der Waals surface area contributed by atoms with Crippen molar-refractivity contribution in [2.24, 2.45) is 0 Å². The summed E-state index contributed by atoms with van der Waals surface area (Å²) in [5.74, 6) is 2.17. The lowest BCUT2D eigenvalue weighted by molar-refractivity contribution is 0.187. The van der Waals surface area contributed by atoms with Crippen molar-refractivity contribution in [2.75, 3.05) is 33.8 Å². The number of hydrogen-bond acceptors (Lipinski definition) is 5. The van der Waals surface area contributed by atoms with Crippen molar-refractivity contribution in [3.63, 3.8) is 0 Å². The lowest BCUT2D eigenvalue weighted by Crippen LogP contribution is -2.14. The molecule has 37 heavy (non-hydrogen) atoms. The number of carbonyl (C=O) groups excluding carboxylic acids is 1. The molecule has 0 fully saturated rings. The summed E-state index contributed by atoms with van der Waals surface area (Å²) < 4.78 is 21.4.